The van der Waals surface area contributed by atoms with Crippen LogP contribution < -0.4 is 5.32 Å². The van der Waals surface area contributed by atoms with E-state index in [1.165, 1.54) is 251 Å². The molecule has 2 heteroatoms. The zero-order chi connectivity index (χ0) is 39.6. The summed E-state index contributed by atoms with van der Waals surface area (Å²) in [5, 5.41) is 3.94. The monoisotopic (exact) mass is 758 g/mol. The lowest BCUT2D eigenvalue weighted by Gasteiger charge is -2.21. The fourth-order valence-corrected chi connectivity index (χ4v) is 8.46. The summed E-state index contributed by atoms with van der Waals surface area (Å²) >= 11 is 0. The number of unbranched alkanes of at least 4 members (excludes halogenated alkanes) is 23. The van der Waals surface area contributed by atoms with Gasteiger partial charge >= 0.3 is 0 Å². The molecule has 0 aliphatic rings. The predicted octanol–water partition coefficient (Wildman–Crippen LogP) is 18.3. The zero-order valence-electron chi connectivity index (χ0n) is 38.3. The van der Waals surface area contributed by atoms with E-state index >= 15 is 0 Å². The summed E-state index contributed by atoms with van der Waals surface area (Å²) < 4.78 is 6.43. The van der Waals surface area contributed by atoms with Crippen molar-refractivity contribution in [1.82, 2.24) is 5.32 Å². The summed E-state index contributed by atoms with van der Waals surface area (Å²) in [5.41, 5.74) is 1.55. The van der Waals surface area contributed by atoms with E-state index in [4.69, 9.17) is 4.74 Å². The molecule has 0 saturated heterocycles. The van der Waals surface area contributed by atoms with Crippen molar-refractivity contribution >= 4 is 0 Å². The lowest BCUT2D eigenvalue weighted by molar-refractivity contribution is 0.0895. The largest absolute Gasteiger partial charge is 0.495 e. The molecule has 0 heterocycles. The van der Waals surface area contributed by atoms with Crippen LogP contribution >= 0.6 is 0 Å². The van der Waals surface area contributed by atoms with Gasteiger partial charge in [-0.3, -0.25) is 0 Å². The second kappa shape index (κ2) is 43.4. The molecule has 0 fully saturated rings. The molecule has 1 N–H and O–H groups in total. The maximum atomic E-state index is 6.43. The van der Waals surface area contributed by atoms with E-state index in [1.807, 2.05) is 0 Å². The van der Waals surface area contributed by atoms with Crippen molar-refractivity contribution < 1.29 is 4.74 Å². The van der Waals surface area contributed by atoms with Gasteiger partial charge in [0.25, 0.3) is 0 Å². The van der Waals surface area contributed by atoms with Gasteiger partial charge in [0.15, 0.2) is 0 Å². The summed E-state index contributed by atoms with van der Waals surface area (Å²) in [6, 6.07) is 0.731. The third-order valence-corrected chi connectivity index (χ3v) is 12.2. The molecule has 1 unspecified atom stereocenters. The second-order valence-electron chi connectivity index (χ2n) is 17.8. The Hall–Kier alpha value is -0.760. The molecule has 1 atom stereocenters. The smallest absolute Gasteiger partial charge is 0.0982 e. The Kier molecular flexibility index (Phi) is 42.8. The van der Waals surface area contributed by atoms with Crippen molar-refractivity contribution in [3.05, 3.63) is 24.5 Å². The van der Waals surface area contributed by atoms with E-state index in [2.05, 4.69) is 53.1 Å². The molecule has 322 valence electrons. The van der Waals surface area contributed by atoms with Crippen LogP contribution in [-0.2, 0) is 4.74 Å². The van der Waals surface area contributed by atoms with Crippen LogP contribution in [0.3, 0.4) is 0 Å². The van der Waals surface area contributed by atoms with Gasteiger partial charge in [-0.25, -0.2) is 0 Å². The quantitative estimate of drug-likeness (QED) is 0.0379. The Bertz CT molecular complexity index is 677. The molecule has 0 aromatic rings. The highest BCUT2D eigenvalue weighted by atomic mass is 16.5. The number of allylic oxidation sites excluding steroid dienone is 2. The Balaban J connectivity index is 4.16. The van der Waals surface area contributed by atoms with Crippen LogP contribution in [0.5, 0.6) is 0 Å². The first-order valence-corrected chi connectivity index (χ1v) is 25.2. The summed E-state index contributed by atoms with van der Waals surface area (Å²) in [6.45, 7) is 21.7. The van der Waals surface area contributed by atoms with Crippen molar-refractivity contribution in [2.24, 2.45) is 5.92 Å². The lowest BCUT2D eigenvalue weighted by Crippen LogP contribution is -2.30. The van der Waals surface area contributed by atoms with Gasteiger partial charge in [-0.15, -0.1) is 0 Å². The van der Waals surface area contributed by atoms with Crippen molar-refractivity contribution in [3.63, 3.8) is 0 Å². The minimum atomic E-state index is 0.401. The van der Waals surface area contributed by atoms with Gasteiger partial charge in [0.1, 0.15) is 0 Å². The van der Waals surface area contributed by atoms with Gasteiger partial charge < -0.3 is 10.1 Å². The molecule has 0 spiro atoms. The molecule has 54 heavy (non-hydrogen) atoms. The number of hydrogen-bond donors (Lipinski definition) is 1. The van der Waals surface area contributed by atoms with Gasteiger partial charge in [0, 0.05) is 12.5 Å². The first-order valence-electron chi connectivity index (χ1n) is 25.2. The fourth-order valence-electron chi connectivity index (χ4n) is 8.46. The number of hydrogen-bond acceptors (Lipinski definition) is 2. The molecule has 0 saturated carbocycles. The van der Waals surface area contributed by atoms with Crippen LogP contribution in [0.1, 0.15) is 285 Å². The maximum absolute atomic E-state index is 6.43. The normalized spacial score (nSPS) is 12.3. The summed E-state index contributed by atoms with van der Waals surface area (Å²) in [7, 11) is 0. The number of nitrogens with one attached hydrogen (secondary N) is 1. The zero-order valence-corrected chi connectivity index (χ0v) is 38.3. The van der Waals surface area contributed by atoms with Gasteiger partial charge in [-0.1, -0.05) is 227 Å². The second-order valence-corrected chi connectivity index (χ2v) is 17.8. The highest BCUT2D eigenvalue weighted by Crippen LogP contribution is 2.27. The summed E-state index contributed by atoms with van der Waals surface area (Å²) in [4.78, 5) is 0. The topological polar surface area (TPSA) is 21.3 Å². The molecule has 2 nitrogen and oxygen atoms in total. The fraction of sp³-hybridized carbons (Fsp3) is 0.923. The van der Waals surface area contributed by atoms with Crippen molar-refractivity contribution in [3.8, 4) is 0 Å². The van der Waals surface area contributed by atoms with Crippen LogP contribution in [0.15, 0.2) is 24.5 Å². The Morgan fingerprint density at radius 3 is 1.24 bits per heavy atom. The molecule has 0 amide bonds. The van der Waals surface area contributed by atoms with Crippen molar-refractivity contribution in [1.29, 1.82) is 0 Å². The van der Waals surface area contributed by atoms with Crippen molar-refractivity contribution in [2.45, 2.75) is 297 Å². The first-order chi connectivity index (χ1) is 26.5. The molecule has 0 rings (SSSR count). The van der Waals surface area contributed by atoms with Gasteiger partial charge in [-0.05, 0) is 83.1 Å². The SMILES string of the molecule is C=C(CCCCCCCCC(CCCCCCCCC(=C)OC(CCCCCC)CCCCCC)NCCCC)CC(CCCCCC)CCCCCC. The molecule has 0 aromatic heterocycles. The summed E-state index contributed by atoms with van der Waals surface area (Å²) in [6.07, 6.45) is 53.1. The number of ether oxygens (including phenoxy) is 1. The third kappa shape index (κ3) is 38.1. The number of rotatable bonds is 46. The van der Waals surface area contributed by atoms with Crippen molar-refractivity contribution in [2.75, 3.05) is 6.54 Å². The molecular weight excluding hydrogens is 655 g/mol. The molecule has 0 radical (unpaired) electrons. The molecule has 0 aliphatic heterocycles. The van der Waals surface area contributed by atoms with E-state index in [1.54, 1.807) is 5.57 Å². The lowest BCUT2D eigenvalue weighted by atomic mass is 9.87. The van der Waals surface area contributed by atoms with Crippen LogP contribution in [0, 0.1) is 5.92 Å². The minimum Gasteiger partial charge on any atom is -0.495 e. The predicted molar refractivity (Wildman–Crippen MR) is 247 cm³/mol. The first kappa shape index (κ1) is 53.2. The molecule has 0 aromatic carbocycles. The third-order valence-electron chi connectivity index (χ3n) is 12.2. The maximum Gasteiger partial charge on any atom is 0.0982 e. The average molecular weight is 758 g/mol. The molecular formula is C52H103NO. The van der Waals surface area contributed by atoms with Gasteiger partial charge in [0.05, 0.1) is 11.9 Å². The van der Waals surface area contributed by atoms with Gasteiger partial charge in [0.2, 0.25) is 0 Å². The average Bonchev–Trinajstić information content (AvgIpc) is 3.16. The minimum absolute atomic E-state index is 0.401. The van der Waals surface area contributed by atoms with Crippen LogP contribution in [0.2, 0.25) is 0 Å². The van der Waals surface area contributed by atoms with E-state index in [9.17, 15) is 0 Å². The van der Waals surface area contributed by atoms with E-state index in [0.29, 0.717) is 6.10 Å². The Labute approximate surface area is 343 Å². The van der Waals surface area contributed by atoms with E-state index < -0.39 is 0 Å². The highest BCUT2D eigenvalue weighted by Gasteiger charge is 2.13. The van der Waals surface area contributed by atoms with Gasteiger partial charge in [-0.2, -0.15) is 0 Å². The summed E-state index contributed by atoms with van der Waals surface area (Å²) in [5.74, 6) is 1.95. The Morgan fingerprint density at radius 1 is 0.407 bits per heavy atom. The highest BCUT2D eigenvalue weighted by molar-refractivity contribution is 4.95. The molecule has 0 bridgehead atoms. The van der Waals surface area contributed by atoms with E-state index in [0.717, 1.165) is 24.1 Å². The van der Waals surface area contributed by atoms with Crippen LogP contribution in [0.25, 0.3) is 0 Å². The van der Waals surface area contributed by atoms with E-state index in [-0.39, 0.29) is 0 Å². The Morgan fingerprint density at radius 2 is 0.778 bits per heavy atom. The standard InChI is InChI=1S/C52H103NO/c1-8-13-18-32-40-50(41-33-19-14-9-2)47-48(6)38-30-26-22-24-28-34-42-51(53-46-17-12-5)43-35-29-25-23-27-31-39-49(7)54-52(44-36-20-15-10-3)45-37-21-16-11-4/h50-53H,6-47H2,1-5H3. The molecule has 0 aliphatic carbocycles. The van der Waals surface area contributed by atoms with Crippen LogP contribution in [0.4, 0.5) is 0 Å². The van der Waals surface area contributed by atoms with Crippen LogP contribution in [-0.4, -0.2) is 18.7 Å².